The third-order valence-electron chi connectivity index (χ3n) is 7.40. The van der Waals surface area contributed by atoms with Gasteiger partial charge in [-0.1, -0.05) is 54.6 Å². The topological polar surface area (TPSA) is 26.3 Å². The van der Waals surface area contributed by atoms with E-state index in [4.69, 9.17) is 4.74 Å². The Morgan fingerprint density at radius 2 is 1.68 bits per heavy atom. The van der Waals surface area contributed by atoms with Crippen LogP contribution in [0.3, 0.4) is 0 Å². The van der Waals surface area contributed by atoms with Gasteiger partial charge in [-0.3, -0.25) is 4.79 Å². The van der Waals surface area contributed by atoms with Crippen LogP contribution in [0.15, 0.2) is 54.6 Å². The molecule has 2 bridgehead atoms. The third kappa shape index (κ3) is 2.30. The molecule has 0 unspecified atom stereocenters. The summed E-state index contributed by atoms with van der Waals surface area (Å²) in [4.78, 5) is 12.9. The molecule has 0 N–H and O–H groups in total. The zero-order valence-electron chi connectivity index (χ0n) is 16.2. The molecule has 2 saturated carbocycles. The zero-order valence-corrected chi connectivity index (χ0v) is 16.2. The van der Waals surface area contributed by atoms with Gasteiger partial charge in [0.1, 0.15) is 5.60 Å². The molecule has 0 heterocycles. The Hall–Kier alpha value is -2.61. The van der Waals surface area contributed by atoms with E-state index in [0.29, 0.717) is 12.3 Å². The van der Waals surface area contributed by atoms with Crippen molar-refractivity contribution in [1.29, 1.82) is 0 Å². The first-order chi connectivity index (χ1) is 13.6. The van der Waals surface area contributed by atoms with E-state index < -0.39 is 0 Å². The van der Waals surface area contributed by atoms with Crippen LogP contribution in [0.25, 0.3) is 32.3 Å². The first-order valence-corrected chi connectivity index (χ1v) is 10.5. The first kappa shape index (κ1) is 16.4. The van der Waals surface area contributed by atoms with E-state index in [1.807, 2.05) is 0 Å². The quantitative estimate of drug-likeness (QED) is 0.316. The number of hydrogen-bond donors (Lipinski definition) is 0. The van der Waals surface area contributed by atoms with Crippen LogP contribution in [0.1, 0.15) is 38.2 Å². The van der Waals surface area contributed by atoms with Crippen LogP contribution >= 0.6 is 0 Å². The first-order valence-electron chi connectivity index (χ1n) is 10.5. The minimum atomic E-state index is -0.246. The van der Waals surface area contributed by atoms with Gasteiger partial charge in [-0.2, -0.15) is 0 Å². The Morgan fingerprint density at radius 3 is 2.39 bits per heavy atom. The molecule has 0 aromatic heterocycles. The van der Waals surface area contributed by atoms with E-state index in [0.717, 1.165) is 17.9 Å². The highest BCUT2D eigenvalue weighted by Crippen LogP contribution is 2.52. The van der Waals surface area contributed by atoms with Gasteiger partial charge in [0.2, 0.25) is 0 Å². The molecule has 2 fully saturated rings. The van der Waals surface area contributed by atoms with Crippen LogP contribution in [0.2, 0.25) is 0 Å². The number of carbonyl (C=O) groups excluding carboxylic acids is 1. The van der Waals surface area contributed by atoms with Crippen molar-refractivity contribution in [3.8, 4) is 0 Å². The molecule has 0 spiro atoms. The molecule has 0 amide bonds. The Morgan fingerprint density at radius 1 is 0.964 bits per heavy atom. The SMILES string of the molecule is C[C@@]1(OC(=O)Cc2ccc3ccc4cccc5ccc2c3c45)C[C@@H]2CC[C@H]1C2. The van der Waals surface area contributed by atoms with Crippen LogP contribution in [-0.4, -0.2) is 11.6 Å². The Bertz CT molecular complexity index is 1210. The van der Waals surface area contributed by atoms with Gasteiger partial charge in [0.05, 0.1) is 6.42 Å². The molecule has 28 heavy (non-hydrogen) atoms. The molecule has 2 aliphatic carbocycles. The fraction of sp³-hybridized carbons (Fsp3) is 0.346. The number of carbonyl (C=O) groups is 1. The third-order valence-corrected chi connectivity index (χ3v) is 7.40. The normalized spacial score (nSPS) is 26.6. The van der Waals surface area contributed by atoms with E-state index in [9.17, 15) is 4.79 Å². The molecule has 2 nitrogen and oxygen atoms in total. The number of esters is 1. The molecule has 3 atom stereocenters. The minimum Gasteiger partial charge on any atom is -0.459 e. The van der Waals surface area contributed by atoms with Crippen LogP contribution in [0.4, 0.5) is 0 Å². The van der Waals surface area contributed by atoms with Crippen molar-refractivity contribution in [2.24, 2.45) is 11.8 Å². The number of fused-ring (bicyclic) bond motifs is 2. The van der Waals surface area contributed by atoms with Crippen molar-refractivity contribution in [3.63, 3.8) is 0 Å². The molecule has 6 rings (SSSR count). The molecule has 0 saturated heterocycles. The second-order valence-electron chi connectivity index (χ2n) is 9.12. The second kappa shape index (κ2) is 5.70. The van der Waals surface area contributed by atoms with E-state index >= 15 is 0 Å². The summed E-state index contributed by atoms with van der Waals surface area (Å²) in [6.45, 7) is 2.15. The van der Waals surface area contributed by atoms with Gasteiger partial charge in [0, 0.05) is 0 Å². The molecule has 0 aliphatic heterocycles. The lowest BCUT2D eigenvalue weighted by atomic mass is 9.85. The fourth-order valence-corrected chi connectivity index (χ4v) is 6.08. The van der Waals surface area contributed by atoms with Crippen LogP contribution in [0, 0.1) is 11.8 Å². The minimum absolute atomic E-state index is 0.0786. The summed E-state index contributed by atoms with van der Waals surface area (Å²) in [5, 5.41) is 7.49. The monoisotopic (exact) mass is 368 g/mol. The smallest absolute Gasteiger partial charge is 0.310 e. The van der Waals surface area contributed by atoms with Crippen molar-refractivity contribution in [3.05, 3.63) is 60.2 Å². The van der Waals surface area contributed by atoms with Crippen molar-refractivity contribution in [2.45, 2.75) is 44.6 Å². The fourth-order valence-electron chi connectivity index (χ4n) is 6.08. The number of rotatable bonds is 3. The lowest BCUT2D eigenvalue weighted by Gasteiger charge is -2.33. The van der Waals surface area contributed by atoms with Gasteiger partial charge in [-0.15, -0.1) is 0 Å². The van der Waals surface area contributed by atoms with Crippen LogP contribution in [-0.2, 0) is 16.0 Å². The van der Waals surface area contributed by atoms with Gasteiger partial charge in [-0.05, 0) is 82.3 Å². The zero-order chi connectivity index (χ0) is 18.9. The van der Waals surface area contributed by atoms with Crippen molar-refractivity contribution < 1.29 is 9.53 Å². The standard InChI is InChI=1S/C26H24O2/c1-26(15-16-5-11-21(26)13-16)28-23(27)14-20-9-8-19-7-6-17-3-2-4-18-10-12-22(20)25(19)24(17)18/h2-4,6-10,12,16,21H,5,11,13-15H2,1H3/t16-,21+,26-/m1/s1. The predicted molar refractivity (Wildman–Crippen MR) is 114 cm³/mol. The number of hydrogen-bond acceptors (Lipinski definition) is 2. The van der Waals surface area contributed by atoms with Gasteiger partial charge in [-0.25, -0.2) is 0 Å². The van der Waals surface area contributed by atoms with Gasteiger partial charge in [0.25, 0.3) is 0 Å². The highest BCUT2D eigenvalue weighted by Gasteiger charge is 2.50. The molecule has 0 radical (unpaired) electrons. The molecule has 4 aromatic carbocycles. The molecule has 2 heteroatoms. The highest BCUT2D eigenvalue weighted by atomic mass is 16.6. The van der Waals surface area contributed by atoms with Gasteiger partial charge in [0.15, 0.2) is 0 Å². The van der Waals surface area contributed by atoms with E-state index in [1.165, 1.54) is 51.6 Å². The van der Waals surface area contributed by atoms with Crippen molar-refractivity contribution in [2.75, 3.05) is 0 Å². The second-order valence-corrected chi connectivity index (χ2v) is 9.12. The maximum atomic E-state index is 12.9. The van der Waals surface area contributed by atoms with Crippen LogP contribution in [0.5, 0.6) is 0 Å². The molecule has 4 aromatic rings. The van der Waals surface area contributed by atoms with E-state index in [2.05, 4.69) is 61.5 Å². The van der Waals surface area contributed by atoms with Crippen molar-refractivity contribution >= 4 is 38.3 Å². The summed E-state index contributed by atoms with van der Waals surface area (Å²) in [5.74, 6) is 1.24. The van der Waals surface area contributed by atoms with Crippen molar-refractivity contribution in [1.82, 2.24) is 0 Å². The van der Waals surface area contributed by atoms with E-state index in [-0.39, 0.29) is 11.6 Å². The van der Waals surface area contributed by atoms with Gasteiger partial charge >= 0.3 is 5.97 Å². The average Bonchev–Trinajstić information content (AvgIpc) is 3.27. The summed E-state index contributed by atoms with van der Waals surface area (Å²) in [6.07, 6.45) is 5.16. The maximum Gasteiger partial charge on any atom is 0.310 e. The highest BCUT2D eigenvalue weighted by molar-refractivity contribution is 6.23. The molecule has 140 valence electrons. The summed E-state index contributed by atoms with van der Waals surface area (Å²) in [5.41, 5.74) is 0.826. The van der Waals surface area contributed by atoms with Crippen LogP contribution < -0.4 is 0 Å². The lowest BCUT2D eigenvalue weighted by Crippen LogP contribution is -2.37. The summed E-state index contributed by atoms with van der Waals surface area (Å²) in [7, 11) is 0. The molecular formula is C26H24O2. The predicted octanol–water partition coefficient (Wildman–Crippen LogP) is 6.25. The number of benzene rings is 4. The van der Waals surface area contributed by atoms with Gasteiger partial charge < -0.3 is 4.74 Å². The molecule has 2 aliphatic rings. The number of ether oxygens (including phenoxy) is 1. The Balaban J connectivity index is 1.39. The average molecular weight is 368 g/mol. The summed E-state index contributed by atoms with van der Waals surface area (Å²) in [6, 6.07) is 19.4. The molecular weight excluding hydrogens is 344 g/mol. The summed E-state index contributed by atoms with van der Waals surface area (Å²) >= 11 is 0. The lowest BCUT2D eigenvalue weighted by molar-refractivity contribution is -0.162. The largest absolute Gasteiger partial charge is 0.459 e. The van der Waals surface area contributed by atoms with E-state index in [1.54, 1.807) is 0 Å². The summed E-state index contributed by atoms with van der Waals surface area (Å²) < 4.78 is 6.09. The maximum absolute atomic E-state index is 12.9. The Labute approximate surface area is 164 Å². The Kier molecular flexibility index (Phi) is 3.33.